The molecule has 0 unspecified atom stereocenters. The molecule has 4 heterocycles. The van der Waals surface area contributed by atoms with E-state index in [0.29, 0.717) is 54.7 Å². The maximum Gasteiger partial charge on any atom is 0.573 e. The van der Waals surface area contributed by atoms with Gasteiger partial charge in [-0.2, -0.15) is 0 Å². The first kappa shape index (κ1) is 30.5. The summed E-state index contributed by atoms with van der Waals surface area (Å²) in [7, 11) is 0. The first-order valence-corrected chi connectivity index (χ1v) is 14.9. The second kappa shape index (κ2) is 13.6. The van der Waals surface area contributed by atoms with Gasteiger partial charge in [0, 0.05) is 43.9 Å². The number of amides is 1. The van der Waals surface area contributed by atoms with Crippen molar-refractivity contribution in [1.82, 2.24) is 20.2 Å². The van der Waals surface area contributed by atoms with Crippen LogP contribution in [0.15, 0.2) is 30.6 Å². The molecular weight excluding hydrogens is 551 g/mol. The summed E-state index contributed by atoms with van der Waals surface area (Å²) in [5.41, 5.74) is 1.91. The van der Waals surface area contributed by atoms with Crippen molar-refractivity contribution in [3.8, 4) is 5.75 Å². The number of carbonyl (C=O) groups excluding carboxylic acids is 1. The lowest BCUT2D eigenvalue weighted by molar-refractivity contribution is -0.274. The molecule has 3 aliphatic rings. The summed E-state index contributed by atoms with van der Waals surface area (Å²) in [5.74, 6) is 0.752. The molecule has 0 radical (unpaired) electrons. The number of likely N-dealkylation sites (tertiary alicyclic amines) is 1. The predicted octanol–water partition coefficient (Wildman–Crippen LogP) is 5.03. The number of piperidine rings is 1. The number of ether oxygens (including phenoxy) is 3. The Hall–Kier alpha value is -2.96. The first-order chi connectivity index (χ1) is 20.2. The number of carbonyl (C=O) groups is 1. The van der Waals surface area contributed by atoms with E-state index in [1.807, 2.05) is 11.8 Å². The number of anilines is 1. The molecule has 3 fully saturated rings. The molecule has 230 valence electrons. The summed E-state index contributed by atoms with van der Waals surface area (Å²) in [6, 6.07) is 6.70. The highest BCUT2D eigenvalue weighted by atomic mass is 19.4. The van der Waals surface area contributed by atoms with Crippen LogP contribution in [0, 0.1) is 12.8 Å². The van der Waals surface area contributed by atoms with E-state index >= 15 is 0 Å². The summed E-state index contributed by atoms with van der Waals surface area (Å²) >= 11 is 0. The van der Waals surface area contributed by atoms with Crippen molar-refractivity contribution >= 4 is 11.7 Å². The molecule has 0 aliphatic carbocycles. The summed E-state index contributed by atoms with van der Waals surface area (Å²) < 4.78 is 53.2. The van der Waals surface area contributed by atoms with Gasteiger partial charge in [0.05, 0.1) is 18.8 Å². The van der Waals surface area contributed by atoms with Gasteiger partial charge in [0.1, 0.15) is 23.6 Å². The number of halogens is 3. The van der Waals surface area contributed by atoms with Gasteiger partial charge in [-0.1, -0.05) is 19.1 Å². The lowest BCUT2D eigenvalue weighted by Crippen LogP contribution is -2.51. The largest absolute Gasteiger partial charge is 0.573 e. The highest BCUT2D eigenvalue weighted by Crippen LogP contribution is 2.33. The van der Waals surface area contributed by atoms with Gasteiger partial charge in [0.2, 0.25) is 0 Å². The van der Waals surface area contributed by atoms with Crippen LogP contribution in [0.2, 0.25) is 0 Å². The average Bonchev–Trinajstić information content (AvgIpc) is 2.98. The number of nitrogens with one attached hydrogen (secondary N) is 2. The first-order valence-electron chi connectivity index (χ1n) is 14.9. The second-order valence-corrected chi connectivity index (χ2v) is 11.6. The van der Waals surface area contributed by atoms with E-state index in [1.54, 1.807) is 12.1 Å². The van der Waals surface area contributed by atoms with E-state index in [-0.39, 0.29) is 23.9 Å². The Labute approximate surface area is 244 Å². The van der Waals surface area contributed by atoms with Gasteiger partial charge in [-0.05, 0) is 69.1 Å². The van der Waals surface area contributed by atoms with Crippen LogP contribution >= 0.6 is 0 Å². The molecule has 0 spiro atoms. The van der Waals surface area contributed by atoms with E-state index < -0.39 is 6.36 Å². The van der Waals surface area contributed by atoms with Gasteiger partial charge < -0.3 is 29.7 Å². The van der Waals surface area contributed by atoms with Crippen LogP contribution in [0.5, 0.6) is 5.75 Å². The zero-order valence-corrected chi connectivity index (χ0v) is 24.2. The predicted molar refractivity (Wildman–Crippen MR) is 150 cm³/mol. The molecule has 3 saturated heterocycles. The molecule has 12 heteroatoms. The SMILES string of the molecule is Cc1c(NC[C@H]2CCC[C@@H](c3ccc(OC(F)(F)F)cc3)O2)ncnc1C(=O)N1CCC(N[C@@H]2CCOC[C@@H]2C)CC1. The zero-order chi connectivity index (χ0) is 29.7. The van der Waals surface area contributed by atoms with Crippen molar-refractivity contribution in [3.63, 3.8) is 0 Å². The topological polar surface area (TPSA) is 97.8 Å². The minimum Gasteiger partial charge on any atom is -0.406 e. The minimum atomic E-state index is -4.72. The molecule has 1 amide bonds. The maximum atomic E-state index is 13.4. The summed E-state index contributed by atoms with van der Waals surface area (Å²) in [6.07, 6.45) is 1.73. The zero-order valence-electron chi connectivity index (χ0n) is 24.2. The van der Waals surface area contributed by atoms with Gasteiger partial charge in [0.15, 0.2) is 0 Å². The van der Waals surface area contributed by atoms with E-state index in [0.717, 1.165) is 57.3 Å². The molecule has 0 bridgehead atoms. The molecule has 4 atom stereocenters. The van der Waals surface area contributed by atoms with E-state index in [4.69, 9.17) is 9.47 Å². The van der Waals surface area contributed by atoms with Crippen LogP contribution in [0.3, 0.4) is 0 Å². The van der Waals surface area contributed by atoms with Crippen LogP contribution in [0.1, 0.15) is 73.2 Å². The van der Waals surface area contributed by atoms with Crippen molar-refractivity contribution in [2.45, 2.75) is 83.0 Å². The fourth-order valence-electron chi connectivity index (χ4n) is 6.06. The van der Waals surface area contributed by atoms with Gasteiger partial charge in [-0.25, -0.2) is 9.97 Å². The molecule has 5 rings (SSSR count). The van der Waals surface area contributed by atoms with Crippen molar-refractivity contribution in [2.75, 3.05) is 38.2 Å². The molecule has 42 heavy (non-hydrogen) atoms. The number of aromatic nitrogens is 2. The number of nitrogens with zero attached hydrogens (tertiary/aromatic N) is 3. The number of alkyl halides is 3. The van der Waals surface area contributed by atoms with Crippen molar-refractivity contribution < 1.29 is 32.2 Å². The number of hydrogen-bond donors (Lipinski definition) is 2. The number of benzene rings is 1. The molecule has 2 aromatic rings. The fraction of sp³-hybridized carbons (Fsp3) is 0.633. The second-order valence-electron chi connectivity index (χ2n) is 11.6. The van der Waals surface area contributed by atoms with Gasteiger partial charge in [0.25, 0.3) is 5.91 Å². The minimum absolute atomic E-state index is 0.0808. The number of hydrogen-bond acceptors (Lipinski definition) is 8. The third kappa shape index (κ3) is 7.90. The Kier molecular flexibility index (Phi) is 9.85. The lowest BCUT2D eigenvalue weighted by Gasteiger charge is -2.37. The Morgan fingerprint density at radius 1 is 1.10 bits per heavy atom. The highest BCUT2D eigenvalue weighted by molar-refractivity contribution is 5.94. The van der Waals surface area contributed by atoms with Crippen LogP contribution in [-0.2, 0) is 9.47 Å². The van der Waals surface area contributed by atoms with Crippen molar-refractivity contribution in [3.05, 3.63) is 47.4 Å². The summed E-state index contributed by atoms with van der Waals surface area (Å²) in [6.45, 7) is 7.51. The van der Waals surface area contributed by atoms with E-state index in [1.165, 1.54) is 18.5 Å². The Balaban J connectivity index is 1.12. The van der Waals surface area contributed by atoms with Crippen molar-refractivity contribution in [1.29, 1.82) is 0 Å². The van der Waals surface area contributed by atoms with Gasteiger partial charge >= 0.3 is 6.36 Å². The molecule has 2 N–H and O–H groups in total. The summed E-state index contributed by atoms with van der Waals surface area (Å²) in [4.78, 5) is 24.0. The van der Waals surface area contributed by atoms with Crippen LogP contribution in [-0.4, -0.2) is 78.2 Å². The average molecular weight is 592 g/mol. The highest BCUT2D eigenvalue weighted by Gasteiger charge is 2.32. The number of rotatable bonds is 8. The smallest absolute Gasteiger partial charge is 0.406 e. The molecule has 1 aromatic heterocycles. The molecule has 1 aromatic carbocycles. The standard InChI is InChI=1S/C30H40F3N5O4/c1-19-17-40-15-12-25(19)37-22-10-13-38(14-11-22)29(39)27-20(2)28(36-18-35-27)34-16-24-4-3-5-26(41-24)21-6-8-23(9-7-21)42-30(31,32)33/h6-9,18-19,22,24-26,37H,3-5,10-17H2,1-2H3,(H,34,35,36)/t19-,24+,25+,26-/m0/s1. The van der Waals surface area contributed by atoms with Crippen LogP contribution in [0.4, 0.5) is 19.0 Å². The lowest BCUT2D eigenvalue weighted by atomic mass is 9.94. The Morgan fingerprint density at radius 3 is 2.57 bits per heavy atom. The van der Waals surface area contributed by atoms with Crippen molar-refractivity contribution in [2.24, 2.45) is 5.92 Å². The molecule has 0 saturated carbocycles. The maximum absolute atomic E-state index is 13.4. The monoisotopic (exact) mass is 591 g/mol. The van der Waals surface area contributed by atoms with Gasteiger partial charge in [-0.3, -0.25) is 4.79 Å². The van der Waals surface area contributed by atoms with Gasteiger partial charge in [-0.15, -0.1) is 13.2 Å². The Bertz CT molecular complexity index is 1190. The van der Waals surface area contributed by atoms with Crippen LogP contribution < -0.4 is 15.4 Å². The molecular formula is C30H40F3N5O4. The quantitative estimate of drug-likeness (QED) is 0.442. The molecule has 3 aliphatic heterocycles. The normalized spacial score (nSPS) is 25.7. The third-order valence-corrected chi connectivity index (χ3v) is 8.49. The third-order valence-electron chi connectivity index (χ3n) is 8.49. The fourth-order valence-corrected chi connectivity index (χ4v) is 6.06. The van der Waals surface area contributed by atoms with E-state index in [2.05, 4.69) is 32.3 Å². The molecule has 9 nitrogen and oxygen atoms in total. The Morgan fingerprint density at radius 2 is 1.86 bits per heavy atom. The summed E-state index contributed by atoms with van der Waals surface area (Å²) in [5, 5.41) is 7.12. The van der Waals surface area contributed by atoms with E-state index in [9.17, 15) is 18.0 Å². The van der Waals surface area contributed by atoms with Crippen LogP contribution in [0.25, 0.3) is 0 Å².